The van der Waals surface area contributed by atoms with Gasteiger partial charge in [-0.3, -0.25) is 0 Å². The van der Waals surface area contributed by atoms with Crippen LogP contribution in [-0.4, -0.2) is 30.9 Å². The Bertz CT molecular complexity index is 354. The Morgan fingerprint density at radius 2 is 1.89 bits per heavy atom. The lowest BCUT2D eigenvalue weighted by Crippen LogP contribution is -2.33. The first-order valence-corrected chi connectivity index (χ1v) is 6.73. The monoisotopic (exact) mass is 291 g/mol. The number of halogens is 2. The van der Waals surface area contributed by atoms with Crippen LogP contribution in [0.3, 0.4) is 0 Å². The van der Waals surface area contributed by atoms with E-state index < -0.39 is 6.10 Å². The molecule has 0 saturated heterocycles. The lowest BCUT2D eigenvalue weighted by Gasteiger charge is -2.17. The lowest BCUT2D eigenvalue weighted by atomic mass is 10.1. The third kappa shape index (κ3) is 5.55. The van der Waals surface area contributed by atoms with E-state index >= 15 is 0 Å². The topological polar surface area (TPSA) is 41.5 Å². The summed E-state index contributed by atoms with van der Waals surface area (Å²) in [6.07, 6.45) is -0.634. The van der Waals surface area contributed by atoms with Crippen molar-refractivity contribution in [2.24, 2.45) is 0 Å². The molecule has 2 atom stereocenters. The van der Waals surface area contributed by atoms with Crippen LogP contribution in [0.1, 0.15) is 25.5 Å². The van der Waals surface area contributed by atoms with Gasteiger partial charge in [-0.05, 0) is 37.6 Å². The zero-order chi connectivity index (χ0) is 13.5. The molecule has 0 aromatic heterocycles. The number of hydrogen-bond donors (Lipinski definition) is 2. The highest BCUT2D eigenvalue weighted by Gasteiger charge is 2.11. The maximum atomic E-state index is 10.0. The van der Waals surface area contributed by atoms with Gasteiger partial charge in [0.15, 0.2) is 0 Å². The highest BCUT2D eigenvalue weighted by Crippen LogP contribution is 2.23. The van der Waals surface area contributed by atoms with Crippen LogP contribution < -0.4 is 5.32 Å². The normalized spacial score (nSPS) is 14.5. The summed E-state index contributed by atoms with van der Waals surface area (Å²) < 4.78 is 5.29. The van der Waals surface area contributed by atoms with Crippen LogP contribution in [0.15, 0.2) is 18.2 Å². The molecule has 1 aromatic rings. The van der Waals surface area contributed by atoms with Crippen molar-refractivity contribution >= 4 is 23.2 Å². The van der Waals surface area contributed by atoms with Gasteiger partial charge in [0.1, 0.15) is 0 Å². The summed E-state index contributed by atoms with van der Waals surface area (Å²) in [6, 6.07) is 5.26. The number of nitrogens with one attached hydrogen (secondary N) is 1. The third-order valence-electron chi connectivity index (χ3n) is 2.50. The highest BCUT2D eigenvalue weighted by molar-refractivity contribution is 6.34. The first-order valence-electron chi connectivity index (χ1n) is 5.98. The number of aliphatic hydroxyl groups excluding tert-OH is 1. The molecule has 5 heteroatoms. The summed E-state index contributed by atoms with van der Waals surface area (Å²) >= 11 is 11.8. The van der Waals surface area contributed by atoms with Crippen molar-refractivity contribution in [2.75, 3.05) is 19.8 Å². The molecule has 0 spiro atoms. The Kier molecular flexibility index (Phi) is 6.97. The van der Waals surface area contributed by atoms with Gasteiger partial charge in [0.05, 0.1) is 12.7 Å². The van der Waals surface area contributed by atoms with Crippen molar-refractivity contribution in [2.45, 2.75) is 26.0 Å². The van der Waals surface area contributed by atoms with Gasteiger partial charge in [0.25, 0.3) is 0 Å². The smallest absolute Gasteiger partial charge is 0.0915 e. The molecule has 1 aromatic carbocycles. The van der Waals surface area contributed by atoms with Gasteiger partial charge in [-0.1, -0.05) is 23.2 Å². The highest BCUT2D eigenvalue weighted by atomic mass is 35.5. The molecule has 1 rings (SSSR count). The SMILES string of the molecule is CCOC[C@@H](C)NC[C@H](O)c1cc(Cl)cc(Cl)c1. The lowest BCUT2D eigenvalue weighted by molar-refractivity contribution is 0.116. The first-order chi connectivity index (χ1) is 8.52. The summed E-state index contributed by atoms with van der Waals surface area (Å²) in [5.74, 6) is 0. The van der Waals surface area contributed by atoms with Gasteiger partial charge in [-0.2, -0.15) is 0 Å². The third-order valence-corrected chi connectivity index (χ3v) is 2.94. The minimum Gasteiger partial charge on any atom is -0.387 e. The maximum absolute atomic E-state index is 10.0. The van der Waals surface area contributed by atoms with Crippen LogP contribution in [0, 0.1) is 0 Å². The van der Waals surface area contributed by atoms with Crippen molar-refractivity contribution in [1.29, 1.82) is 0 Å². The van der Waals surface area contributed by atoms with Crippen molar-refractivity contribution < 1.29 is 9.84 Å². The second-order valence-corrected chi connectivity index (χ2v) is 5.06. The Labute approximate surface area is 118 Å². The number of rotatable bonds is 7. The Hall–Kier alpha value is -0.320. The van der Waals surface area contributed by atoms with E-state index in [9.17, 15) is 5.11 Å². The fraction of sp³-hybridized carbons (Fsp3) is 0.538. The minimum absolute atomic E-state index is 0.189. The standard InChI is InChI=1S/C13H19Cl2NO2/c1-3-18-8-9(2)16-7-13(17)10-4-11(14)6-12(15)5-10/h4-6,9,13,16-17H,3,7-8H2,1-2H3/t9-,13+/m1/s1. The van der Waals surface area contributed by atoms with E-state index in [0.29, 0.717) is 35.4 Å². The summed E-state index contributed by atoms with van der Waals surface area (Å²) in [6.45, 7) is 5.71. The van der Waals surface area contributed by atoms with Gasteiger partial charge in [-0.25, -0.2) is 0 Å². The molecule has 0 saturated carbocycles. The molecular formula is C13H19Cl2NO2. The average Bonchev–Trinajstić information content (AvgIpc) is 2.32. The molecule has 18 heavy (non-hydrogen) atoms. The van der Waals surface area contributed by atoms with Crippen molar-refractivity contribution in [1.82, 2.24) is 5.32 Å². The molecule has 102 valence electrons. The molecule has 0 bridgehead atoms. The van der Waals surface area contributed by atoms with E-state index in [1.807, 2.05) is 13.8 Å². The summed E-state index contributed by atoms with van der Waals surface area (Å²) in [7, 11) is 0. The molecule has 0 radical (unpaired) electrons. The van der Waals surface area contributed by atoms with Crippen LogP contribution in [0.4, 0.5) is 0 Å². The zero-order valence-corrected chi connectivity index (χ0v) is 12.1. The van der Waals surface area contributed by atoms with Crippen molar-refractivity contribution in [3.63, 3.8) is 0 Å². The number of aliphatic hydroxyl groups is 1. The Balaban J connectivity index is 2.47. The van der Waals surface area contributed by atoms with E-state index in [0.717, 1.165) is 0 Å². The van der Waals surface area contributed by atoms with Gasteiger partial charge < -0.3 is 15.2 Å². The second kappa shape index (κ2) is 7.97. The number of ether oxygens (including phenoxy) is 1. The minimum atomic E-state index is -0.634. The van der Waals surface area contributed by atoms with Crippen LogP contribution in [-0.2, 0) is 4.74 Å². The first kappa shape index (κ1) is 15.7. The van der Waals surface area contributed by atoms with Gasteiger partial charge in [0.2, 0.25) is 0 Å². The van der Waals surface area contributed by atoms with E-state index in [4.69, 9.17) is 27.9 Å². The number of benzene rings is 1. The molecule has 0 heterocycles. The summed E-state index contributed by atoms with van der Waals surface area (Å²) in [5, 5.41) is 14.3. The van der Waals surface area contributed by atoms with Gasteiger partial charge in [0, 0.05) is 29.2 Å². The van der Waals surface area contributed by atoms with E-state index in [-0.39, 0.29) is 6.04 Å². The molecule has 0 aliphatic rings. The predicted molar refractivity (Wildman–Crippen MR) is 75.4 cm³/mol. The van der Waals surface area contributed by atoms with Crippen LogP contribution >= 0.6 is 23.2 Å². The average molecular weight is 292 g/mol. The van der Waals surface area contributed by atoms with Crippen molar-refractivity contribution in [3.05, 3.63) is 33.8 Å². The fourth-order valence-electron chi connectivity index (χ4n) is 1.55. The zero-order valence-electron chi connectivity index (χ0n) is 10.6. The summed E-state index contributed by atoms with van der Waals surface area (Å²) in [5.41, 5.74) is 0.712. The second-order valence-electron chi connectivity index (χ2n) is 4.19. The molecule has 0 amide bonds. The molecule has 0 unspecified atom stereocenters. The van der Waals surface area contributed by atoms with Gasteiger partial charge >= 0.3 is 0 Å². The maximum Gasteiger partial charge on any atom is 0.0915 e. The largest absolute Gasteiger partial charge is 0.387 e. The molecular weight excluding hydrogens is 273 g/mol. The number of hydrogen-bond acceptors (Lipinski definition) is 3. The summed E-state index contributed by atoms with van der Waals surface area (Å²) in [4.78, 5) is 0. The Morgan fingerprint density at radius 3 is 2.44 bits per heavy atom. The fourth-order valence-corrected chi connectivity index (χ4v) is 2.09. The molecule has 3 nitrogen and oxygen atoms in total. The van der Waals surface area contributed by atoms with E-state index in [1.54, 1.807) is 18.2 Å². The molecule has 0 aliphatic carbocycles. The molecule has 2 N–H and O–H groups in total. The molecule has 0 fully saturated rings. The van der Waals surface area contributed by atoms with Crippen LogP contribution in [0.5, 0.6) is 0 Å². The van der Waals surface area contributed by atoms with Crippen LogP contribution in [0.2, 0.25) is 10.0 Å². The van der Waals surface area contributed by atoms with Crippen LogP contribution in [0.25, 0.3) is 0 Å². The van der Waals surface area contributed by atoms with E-state index in [2.05, 4.69) is 5.32 Å². The predicted octanol–water partition coefficient (Wildman–Crippen LogP) is 3.04. The quantitative estimate of drug-likeness (QED) is 0.811. The van der Waals surface area contributed by atoms with Gasteiger partial charge in [-0.15, -0.1) is 0 Å². The Morgan fingerprint density at radius 1 is 1.28 bits per heavy atom. The van der Waals surface area contributed by atoms with Crippen molar-refractivity contribution in [3.8, 4) is 0 Å². The van der Waals surface area contributed by atoms with E-state index in [1.165, 1.54) is 0 Å². The molecule has 0 aliphatic heterocycles.